The Labute approximate surface area is 167 Å². The Kier molecular flexibility index (Phi) is 4.91. The van der Waals surface area contributed by atoms with Crippen LogP contribution < -0.4 is 0 Å². The topological polar surface area (TPSA) is 74.1 Å². The molecule has 2 heterocycles. The van der Waals surface area contributed by atoms with Crippen molar-refractivity contribution in [1.82, 2.24) is 14.8 Å². The summed E-state index contributed by atoms with van der Waals surface area (Å²) in [5.74, 6) is -0.891. The van der Waals surface area contributed by atoms with Crippen LogP contribution in [0, 0.1) is 6.92 Å². The second kappa shape index (κ2) is 7.67. The first-order valence-corrected chi connectivity index (χ1v) is 9.19. The number of ether oxygens (including phenoxy) is 1. The molecule has 1 atom stereocenters. The maximum atomic E-state index is 13.1. The number of nitrogens with zero attached hydrogens (tertiary/aromatic N) is 3. The first-order valence-electron chi connectivity index (χ1n) is 9.19. The van der Waals surface area contributed by atoms with Crippen molar-refractivity contribution in [2.75, 3.05) is 0 Å². The molecule has 0 amide bonds. The maximum Gasteiger partial charge on any atom is 0.340 e. The van der Waals surface area contributed by atoms with Crippen molar-refractivity contribution < 1.29 is 14.3 Å². The zero-order valence-electron chi connectivity index (χ0n) is 16.1. The van der Waals surface area contributed by atoms with Crippen LogP contribution in [-0.4, -0.2) is 26.5 Å². The minimum absolute atomic E-state index is 0.274. The second-order valence-corrected chi connectivity index (χ2v) is 6.73. The van der Waals surface area contributed by atoms with Crippen LogP contribution in [0.5, 0.6) is 0 Å². The molecule has 6 heteroatoms. The van der Waals surface area contributed by atoms with Crippen molar-refractivity contribution >= 4 is 22.8 Å². The fourth-order valence-corrected chi connectivity index (χ4v) is 3.25. The Bertz CT molecular complexity index is 1180. The van der Waals surface area contributed by atoms with Gasteiger partial charge in [0.25, 0.3) is 0 Å². The van der Waals surface area contributed by atoms with Crippen molar-refractivity contribution in [2.45, 2.75) is 13.0 Å². The summed E-state index contributed by atoms with van der Waals surface area (Å²) in [4.78, 5) is 30.3. The number of ketones is 1. The van der Waals surface area contributed by atoms with Gasteiger partial charge in [-0.2, -0.15) is 5.10 Å². The summed E-state index contributed by atoms with van der Waals surface area (Å²) in [7, 11) is 1.80. The third kappa shape index (κ3) is 3.65. The number of aryl methyl sites for hydroxylation is 2. The highest BCUT2D eigenvalue weighted by Gasteiger charge is 2.27. The minimum atomic E-state index is -1.04. The number of Topliss-reactive ketones (excluding diaryl/α,β-unsaturated/α-hetero) is 1. The number of rotatable bonds is 5. The smallest absolute Gasteiger partial charge is 0.340 e. The van der Waals surface area contributed by atoms with Gasteiger partial charge in [-0.1, -0.05) is 60.7 Å². The molecule has 2 aromatic heterocycles. The minimum Gasteiger partial charge on any atom is -0.445 e. The molecule has 0 bridgehead atoms. The molecule has 1 unspecified atom stereocenters. The van der Waals surface area contributed by atoms with Crippen LogP contribution in [0.15, 0.2) is 72.9 Å². The Morgan fingerprint density at radius 2 is 1.62 bits per heavy atom. The highest BCUT2D eigenvalue weighted by Crippen LogP contribution is 2.25. The van der Waals surface area contributed by atoms with Crippen LogP contribution in [0.3, 0.4) is 0 Å². The molecule has 0 saturated heterocycles. The molecule has 29 heavy (non-hydrogen) atoms. The van der Waals surface area contributed by atoms with Gasteiger partial charge in [0.2, 0.25) is 5.78 Å². The second-order valence-electron chi connectivity index (χ2n) is 6.73. The van der Waals surface area contributed by atoms with Crippen molar-refractivity contribution in [3.8, 4) is 0 Å². The molecule has 0 radical (unpaired) electrons. The maximum absolute atomic E-state index is 13.1. The fraction of sp³-hybridized carbons (Fsp3) is 0.130. The van der Waals surface area contributed by atoms with Crippen molar-refractivity contribution in [3.63, 3.8) is 0 Å². The molecule has 0 aliphatic carbocycles. The zero-order chi connectivity index (χ0) is 20.4. The molecule has 0 aliphatic heterocycles. The predicted molar refractivity (Wildman–Crippen MR) is 109 cm³/mol. The molecular weight excluding hydrogens is 366 g/mol. The molecule has 0 saturated carbocycles. The van der Waals surface area contributed by atoms with Crippen molar-refractivity contribution in [2.24, 2.45) is 7.05 Å². The number of hydrogen-bond acceptors (Lipinski definition) is 5. The average molecular weight is 385 g/mol. The Morgan fingerprint density at radius 3 is 2.31 bits per heavy atom. The number of esters is 1. The first kappa shape index (κ1) is 18.6. The van der Waals surface area contributed by atoms with Gasteiger partial charge in [0.15, 0.2) is 11.8 Å². The summed E-state index contributed by atoms with van der Waals surface area (Å²) in [6.07, 6.45) is 0.401. The number of benzene rings is 2. The van der Waals surface area contributed by atoms with Gasteiger partial charge in [-0.05, 0) is 13.0 Å². The SMILES string of the molecule is Cc1nn(C)c2ncc(C(=O)OC(C(=O)c3ccccc3)c3ccccc3)cc12. The molecule has 0 spiro atoms. The zero-order valence-corrected chi connectivity index (χ0v) is 16.1. The van der Waals surface area contributed by atoms with E-state index in [0.717, 1.165) is 11.1 Å². The lowest BCUT2D eigenvalue weighted by Gasteiger charge is -2.17. The molecule has 2 aromatic carbocycles. The molecule has 6 nitrogen and oxygen atoms in total. The van der Waals surface area contributed by atoms with Crippen molar-refractivity contribution in [1.29, 1.82) is 0 Å². The largest absolute Gasteiger partial charge is 0.445 e. The van der Waals surface area contributed by atoms with Gasteiger partial charge in [-0.15, -0.1) is 0 Å². The first-order chi connectivity index (χ1) is 14.0. The highest BCUT2D eigenvalue weighted by molar-refractivity contribution is 6.02. The van der Waals surface area contributed by atoms with Gasteiger partial charge < -0.3 is 4.74 Å². The van der Waals surface area contributed by atoms with Crippen LogP contribution in [0.25, 0.3) is 11.0 Å². The van der Waals surface area contributed by atoms with E-state index < -0.39 is 12.1 Å². The number of carbonyl (C=O) groups is 2. The Hall–Kier alpha value is -3.80. The van der Waals surface area contributed by atoms with Crippen LogP contribution in [0.2, 0.25) is 0 Å². The predicted octanol–water partition coefficient (Wildman–Crippen LogP) is 4.06. The Balaban J connectivity index is 1.68. The van der Waals surface area contributed by atoms with Crippen LogP contribution in [-0.2, 0) is 11.8 Å². The third-order valence-electron chi connectivity index (χ3n) is 4.72. The number of fused-ring (bicyclic) bond motifs is 1. The fourth-order valence-electron chi connectivity index (χ4n) is 3.25. The molecule has 144 valence electrons. The number of carbonyl (C=O) groups excluding carboxylic acids is 2. The third-order valence-corrected chi connectivity index (χ3v) is 4.72. The monoisotopic (exact) mass is 385 g/mol. The number of pyridine rings is 1. The van der Waals surface area contributed by atoms with E-state index >= 15 is 0 Å². The lowest BCUT2D eigenvalue weighted by molar-refractivity contribution is 0.0280. The van der Waals surface area contributed by atoms with E-state index in [4.69, 9.17) is 4.74 Å². The van der Waals surface area contributed by atoms with Gasteiger partial charge in [0.05, 0.1) is 11.3 Å². The average Bonchev–Trinajstić information content (AvgIpc) is 3.05. The normalized spacial score (nSPS) is 11.9. The van der Waals surface area contributed by atoms with Gasteiger partial charge in [-0.25, -0.2) is 9.78 Å². The molecule has 0 aliphatic rings. The van der Waals surface area contributed by atoms with E-state index in [1.165, 1.54) is 6.20 Å². The summed E-state index contributed by atoms with van der Waals surface area (Å²) in [6.45, 7) is 1.85. The molecular formula is C23H19N3O3. The van der Waals surface area contributed by atoms with E-state index in [2.05, 4.69) is 10.1 Å². The summed E-state index contributed by atoms with van der Waals surface area (Å²) in [5, 5.41) is 5.09. The summed E-state index contributed by atoms with van der Waals surface area (Å²) in [6, 6.07) is 19.5. The molecule has 0 fully saturated rings. The van der Waals surface area contributed by atoms with E-state index in [9.17, 15) is 9.59 Å². The standard InChI is InChI=1S/C23H19N3O3/c1-15-19-13-18(14-24-22(19)26(2)25-15)23(28)29-21(17-11-7-4-8-12-17)20(27)16-9-5-3-6-10-16/h3-14,21H,1-2H3. The number of hydrogen-bond donors (Lipinski definition) is 0. The summed E-state index contributed by atoms with van der Waals surface area (Å²) < 4.78 is 7.34. The van der Waals surface area contributed by atoms with Crippen LogP contribution in [0.1, 0.15) is 38.1 Å². The quantitative estimate of drug-likeness (QED) is 0.383. The molecule has 4 aromatic rings. The summed E-state index contributed by atoms with van der Waals surface area (Å²) >= 11 is 0. The van der Waals surface area contributed by atoms with Crippen LogP contribution in [0.4, 0.5) is 0 Å². The van der Waals surface area contributed by atoms with E-state index in [-0.39, 0.29) is 11.3 Å². The van der Waals surface area contributed by atoms with Crippen molar-refractivity contribution in [3.05, 3.63) is 95.3 Å². The number of aromatic nitrogens is 3. The van der Waals surface area contributed by atoms with Gasteiger partial charge in [0, 0.05) is 29.8 Å². The van der Waals surface area contributed by atoms with Gasteiger partial charge in [0.1, 0.15) is 0 Å². The lowest BCUT2D eigenvalue weighted by Crippen LogP contribution is -2.20. The van der Waals surface area contributed by atoms with E-state index in [0.29, 0.717) is 16.8 Å². The lowest BCUT2D eigenvalue weighted by atomic mass is 10.00. The Morgan fingerprint density at radius 1 is 0.966 bits per heavy atom. The van der Waals surface area contributed by atoms with Gasteiger partial charge >= 0.3 is 5.97 Å². The highest BCUT2D eigenvalue weighted by atomic mass is 16.5. The molecule has 0 N–H and O–H groups in total. The van der Waals surface area contributed by atoms with Gasteiger partial charge in [-0.3, -0.25) is 9.48 Å². The van der Waals surface area contributed by atoms with E-state index in [1.807, 2.05) is 19.1 Å². The van der Waals surface area contributed by atoms with Crippen LogP contribution >= 0.6 is 0 Å². The summed E-state index contributed by atoms with van der Waals surface area (Å²) in [5.41, 5.74) is 2.81. The molecule has 4 rings (SSSR count). The van der Waals surface area contributed by atoms with E-state index in [1.54, 1.807) is 66.3 Å².